The van der Waals surface area contributed by atoms with Crippen LogP contribution in [0.3, 0.4) is 0 Å². The van der Waals surface area contributed by atoms with Crippen molar-refractivity contribution in [2.75, 3.05) is 11.3 Å². The van der Waals surface area contributed by atoms with Gasteiger partial charge in [0.2, 0.25) is 0 Å². The van der Waals surface area contributed by atoms with E-state index in [2.05, 4.69) is 5.32 Å². The minimum absolute atomic E-state index is 0.0632. The molecule has 0 aromatic heterocycles. The molecule has 0 aliphatic carbocycles. The van der Waals surface area contributed by atoms with Crippen LogP contribution in [0.1, 0.15) is 58.8 Å². The van der Waals surface area contributed by atoms with Crippen LogP contribution in [-0.4, -0.2) is 20.9 Å². The molecule has 34 heavy (non-hydrogen) atoms. The van der Waals surface area contributed by atoms with Gasteiger partial charge in [0.05, 0.1) is 21.7 Å². The molecule has 2 rings (SSSR count). The maximum Gasteiger partial charge on any atom is 0.416 e. The smallest absolute Gasteiger partial charge is 0.352 e. The van der Waals surface area contributed by atoms with Crippen LogP contribution in [0.2, 0.25) is 0 Å². The fourth-order valence-electron chi connectivity index (χ4n) is 3.25. The van der Waals surface area contributed by atoms with Gasteiger partial charge in [-0.1, -0.05) is 19.8 Å². The van der Waals surface area contributed by atoms with E-state index in [1.807, 2.05) is 11.6 Å². The minimum Gasteiger partial charge on any atom is -0.352 e. The van der Waals surface area contributed by atoms with Crippen molar-refractivity contribution in [2.24, 2.45) is 0 Å². The Labute approximate surface area is 193 Å². The average Bonchev–Trinajstić information content (AvgIpc) is 2.70. The quantitative estimate of drug-likeness (QED) is 0.335. The molecule has 0 fully saturated rings. The summed E-state index contributed by atoms with van der Waals surface area (Å²) in [5.74, 6) is -0.431. The van der Waals surface area contributed by atoms with Crippen LogP contribution in [0.4, 0.5) is 32.0 Å². The van der Waals surface area contributed by atoms with E-state index in [0.717, 1.165) is 32.3 Å². The molecule has 2 aromatic rings. The number of sulfonamides is 1. The second-order valence-corrected chi connectivity index (χ2v) is 9.39. The number of nitrogens with one attached hydrogen (secondary N) is 2. The summed E-state index contributed by atoms with van der Waals surface area (Å²) < 4.78 is 107. The SMILES string of the molecule is CCCCCNC(=O)c1ccc(S(=O)(=O)Nc2cc(C(F)(F)F)cc(C(F)(F)F)c2C)c(C)c1. The van der Waals surface area contributed by atoms with Crippen LogP contribution >= 0.6 is 0 Å². The number of anilines is 1. The maximum absolute atomic E-state index is 13.3. The molecule has 0 radical (unpaired) electrons. The van der Waals surface area contributed by atoms with Gasteiger partial charge in [0.25, 0.3) is 15.9 Å². The lowest BCUT2D eigenvalue weighted by atomic mass is 10.0. The normalized spacial score (nSPS) is 12.5. The fourth-order valence-corrected chi connectivity index (χ4v) is 4.59. The Bertz CT molecular complexity index is 1160. The first-order chi connectivity index (χ1) is 15.6. The molecule has 0 unspecified atom stereocenters. The summed E-state index contributed by atoms with van der Waals surface area (Å²) in [7, 11) is -4.57. The van der Waals surface area contributed by atoms with Crippen LogP contribution in [0, 0.1) is 13.8 Å². The van der Waals surface area contributed by atoms with Gasteiger partial charge in [-0.15, -0.1) is 0 Å². The predicted molar refractivity (Wildman–Crippen MR) is 115 cm³/mol. The number of rotatable bonds is 8. The zero-order valence-corrected chi connectivity index (χ0v) is 19.4. The van der Waals surface area contributed by atoms with Gasteiger partial charge >= 0.3 is 12.4 Å². The Kier molecular flexibility index (Phi) is 8.28. The number of amides is 1. The molecule has 0 saturated heterocycles. The van der Waals surface area contributed by atoms with Crippen LogP contribution in [0.5, 0.6) is 0 Å². The Hall–Kier alpha value is -2.76. The predicted octanol–water partition coefficient (Wildman–Crippen LogP) is 6.06. The van der Waals surface area contributed by atoms with E-state index < -0.39 is 50.7 Å². The van der Waals surface area contributed by atoms with Crippen molar-refractivity contribution in [1.29, 1.82) is 0 Å². The lowest BCUT2D eigenvalue weighted by Crippen LogP contribution is -2.25. The summed E-state index contributed by atoms with van der Waals surface area (Å²) in [6.07, 6.45) is -7.60. The van der Waals surface area contributed by atoms with E-state index in [-0.39, 0.29) is 22.1 Å². The minimum atomic E-state index is -5.13. The molecule has 188 valence electrons. The highest BCUT2D eigenvalue weighted by Gasteiger charge is 2.39. The Morgan fingerprint density at radius 1 is 0.941 bits per heavy atom. The van der Waals surface area contributed by atoms with Gasteiger partial charge in [-0.3, -0.25) is 9.52 Å². The van der Waals surface area contributed by atoms with Gasteiger partial charge in [0, 0.05) is 12.1 Å². The molecular formula is C22H24F6N2O3S. The molecule has 2 N–H and O–H groups in total. The summed E-state index contributed by atoms with van der Waals surface area (Å²) in [5.41, 5.74) is -4.54. The number of benzene rings is 2. The summed E-state index contributed by atoms with van der Waals surface area (Å²) in [6, 6.07) is 3.83. The highest BCUT2D eigenvalue weighted by atomic mass is 32.2. The number of unbranched alkanes of at least 4 members (excludes halogenated alkanes) is 2. The molecule has 0 saturated carbocycles. The first-order valence-electron chi connectivity index (χ1n) is 10.3. The average molecular weight is 511 g/mol. The molecule has 0 bridgehead atoms. The first-order valence-corrected chi connectivity index (χ1v) is 11.8. The van der Waals surface area contributed by atoms with E-state index in [0.29, 0.717) is 12.6 Å². The molecule has 0 atom stereocenters. The molecule has 12 heteroatoms. The van der Waals surface area contributed by atoms with Crippen molar-refractivity contribution in [3.8, 4) is 0 Å². The lowest BCUT2D eigenvalue weighted by molar-refractivity contribution is -0.143. The third-order valence-corrected chi connectivity index (χ3v) is 6.60. The highest BCUT2D eigenvalue weighted by Crippen LogP contribution is 2.40. The van der Waals surface area contributed by atoms with E-state index in [1.54, 1.807) is 0 Å². The van der Waals surface area contributed by atoms with E-state index in [4.69, 9.17) is 0 Å². The molecule has 5 nitrogen and oxygen atoms in total. The zero-order chi connectivity index (χ0) is 25.9. The van der Waals surface area contributed by atoms with Gasteiger partial charge in [0.1, 0.15) is 0 Å². The summed E-state index contributed by atoms with van der Waals surface area (Å²) >= 11 is 0. The van der Waals surface area contributed by atoms with Crippen LogP contribution in [0.15, 0.2) is 35.2 Å². The van der Waals surface area contributed by atoms with E-state index >= 15 is 0 Å². The molecule has 2 aromatic carbocycles. The van der Waals surface area contributed by atoms with Gasteiger partial charge in [-0.2, -0.15) is 26.3 Å². The zero-order valence-electron chi connectivity index (χ0n) is 18.6. The molecular weight excluding hydrogens is 486 g/mol. The summed E-state index contributed by atoms with van der Waals surface area (Å²) in [5, 5.41) is 2.69. The van der Waals surface area contributed by atoms with Crippen molar-refractivity contribution in [2.45, 2.75) is 57.3 Å². The Morgan fingerprint density at radius 2 is 1.59 bits per heavy atom. The molecule has 0 heterocycles. The van der Waals surface area contributed by atoms with Gasteiger partial charge in [0.15, 0.2) is 0 Å². The number of alkyl halides is 6. The van der Waals surface area contributed by atoms with Crippen LogP contribution < -0.4 is 10.0 Å². The third-order valence-electron chi connectivity index (χ3n) is 5.08. The van der Waals surface area contributed by atoms with E-state index in [1.165, 1.54) is 19.1 Å². The standard InChI is InChI=1S/C22H24F6N2O3S/c1-4-5-6-9-29-20(31)15-7-8-19(13(2)10-15)34(32,33)30-18-12-16(21(23,24)25)11-17(14(18)3)22(26,27)28/h7-8,10-12,30H,4-6,9H2,1-3H3,(H,29,31). The number of hydrogen-bond donors (Lipinski definition) is 2. The Balaban J connectivity index is 2.40. The van der Waals surface area contributed by atoms with Crippen LogP contribution in [0.25, 0.3) is 0 Å². The third kappa shape index (κ3) is 6.64. The Morgan fingerprint density at radius 3 is 2.12 bits per heavy atom. The van der Waals surface area contributed by atoms with Crippen molar-refractivity contribution >= 4 is 21.6 Å². The maximum atomic E-state index is 13.3. The second kappa shape index (κ2) is 10.2. The summed E-state index contributed by atoms with van der Waals surface area (Å²) in [6.45, 7) is 4.68. The topological polar surface area (TPSA) is 75.3 Å². The van der Waals surface area contributed by atoms with Crippen molar-refractivity contribution < 1.29 is 39.6 Å². The summed E-state index contributed by atoms with van der Waals surface area (Å²) in [4.78, 5) is 11.8. The monoisotopic (exact) mass is 510 g/mol. The van der Waals surface area contributed by atoms with Crippen LogP contribution in [-0.2, 0) is 22.4 Å². The van der Waals surface area contributed by atoms with Gasteiger partial charge in [-0.05, 0) is 61.7 Å². The lowest BCUT2D eigenvalue weighted by Gasteiger charge is -2.19. The number of halogens is 6. The number of aryl methyl sites for hydroxylation is 1. The number of carbonyl (C=O) groups excluding carboxylic acids is 1. The number of carbonyl (C=O) groups is 1. The van der Waals surface area contributed by atoms with Gasteiger partial charge < -0.3 is 5.32 Å². The van der Waals surface area contributed by atoms with Crippen molar-refractivity contribution in [1.82, 2.24) is 5.32 Å². The molecule has 0 aliphatic heterocycles. The molecule has 1 amide bonds. The number of hydrogen-bond acceptors (Lipinski definition) is 3. The first kappa shape index (κ1) is 27.5. The van der Waals surface area contributed by atoms with E-state index in [9.17, 15) is 39.6 Å². The highest BCUT2D eigenvalue weighted by molar-refractivity contribution is 7.92. The second-order valence-electron chi connectivity index (χ2n) is 7.74. The fraction of sp³-hybridized carbons (Fsp3) is 0.409. The molecule has 0 spiro atoms. The molecule has 0 aliphatic rings. The van der Waals surface area contributed by atoms with Crippen molar-refractivity contribution in [3.05, 3.63) is 58.1 Å². The van der Waals surface area contributed by atoms with Crippen molar-refractivity contribution in [3.63, 3.8) is 0 Å². The van der Waals surface area contributed by atoms with Gasteiger partial charge in [-0.25, -0.2) is 8.42 Å². The largest absolute Gasteiger partial charge is 0.416 e.